The van der Waals surface area contributed by atoms with Crippen molar-refractivity contribution in [2.24, 2.45) is 0 Å². The van der Waals surface area contributed by atoms with E-state index in [9.17, 15) is 22.4 Å². The number of hydrogen-bond acceptors (Lipinski definition) is 9. The fourth-order valence-electron chi connectivity index (χ4n) is 5.22. The van der Waals surface area contributed by atoms with E-state index < -0.39 is 13.0 Å². The Labute approximate surface area is 278 Å². The van der Waals surface area contributed by atoms with Gasteiger partial charge in [0.1, 0.15) is 30.4 Å². The average molecular weight is 677 g/mol. The summed E-state index contributed by atoms with van der Waals surface area (Å²) in [5, 5.41) is 9.22. The first-order valence-electron chi connectivity index (χ1n) is 15.3. The van der Waals surface area contributed by atoms with E-state index in [2.05, 4.69) is 40.5 Å². The minimum absolute atomic E-state index is 0.339. The molecule has 15 heteroatoms. The SMILES string of the molecule is Cc1ccc(NC(=O)c2ccc(CN3CCOCC3)c(CF)c2)cc1Nc1nccn1-c1cc(Nc2ccc(OC(F)(F)F)cc2)ncn1. The predicted octanol–water partition coefficient (Wildman–Crippen LogP) is 6.91. The Balaban J connectivity index is 1.13. The number of imidazole rings is 1. The van der Waals surface area contributed by atoms with Gasteiger partial charge in [0.15, 0.2) is 0 Å². The molecule has 5 aromatic rings. The van der Waals surface area contributed by atoms with Gasteiger partial charge in [-0.05, 0) is 72.1 Å². The van der Waals surface area contributed by atoms with E-state index in [0.29, 0.717) is 65.5 Å². The number of ether oxygens (including phenoxy) is 2. The number of aromatic nitrogens is 4. The molecule has 0 aliphatic carbocycles. The number of nitrogens with zero attached hydrogens (tertiary/aromatic N) is 5. The highest BCUT2D eigenvalue weighted by molar-refractivity contribution is 6.04. The first kappa shape index (κ1) is 33.4. The lowest BCUT2D eigenvalue weighted by Gasteiger charge is -2.27. The number of benzene rings is 3. The highest BCUT2D eigenvalue weighted by Crippen LogP contribution is 2.28. The van der Waals surface area contributed by atoms with Gasteiger partial charge in [-0.15, -0.1) is 13.2 Å². The largest absolute Gasteiger partial charge is 0.573 e. The van der Waals surface area contributed by atoms with Crippen LogP contribution in [0.25, 0.3) is 5.82 Å². The molecule has 0 atom stereocenters. The number of alkyl halides is 4. The molecule has 0 spiro atoms. The van der Waals surface area contributed by atoms with Crippen LogP contribution in [-0.4, -0.2) is 63.0 Å². The van der Waals surface area contributed by atoms with Gasteiger partial charge in [0.05, 0.1) is 13.2 Å². The summed E-state index contributed by atoms with van der Waals surface area (Å²) in [5.41, 5.74) is 4.24. The minimum Gasteiger partial charge on any atom is -0.406 e. The number of carbonyl (C=O) groups excluding carboxylic acids is 1. The normalized spacial score (nSPS) is 13.6. The molecule has 3 N–H and O–H groups in total. The number of anilines is 5. The molecular formula is C34H32F4N8O3. The zero-order valence-corrected chi connectivity index (χ0v) is 26.3. The zero-order chi connectivity index (χ0) is 34.4. The molecule has 0 saturated carbocycles. The van der Waals surface area contributed by atoms with Gasteiger partial charge in [-0.25, -0.2) is 19.3 Å². The Morgan fingerprint density at radius 1 is 0.918 bits per heavy atom. The Morgan fingerprint density at radius 3 is 2.45 bits per heavy atom. The van der Waals surface area contributed by atoms with E-state index in [-0.39, 0.29) is 11.7 Å². The van der Waals surface area contributed by atoms with Crippen molar-refractivity contribution < 1.29 is 31.8 Å². The third-order valence-corrected chi connectivity index (χ3v) is 7.75. The van der Waals surface area contributed by atoms with Crippen molar-refractivity contribution in [3.63, 3.8) is 0 Å². The molecule has 0 bridgehead atoms. The number of hydrogen-bond donors (Lipinski definition) is 3. The van der Waals surface area contributed by atoms with Gasteiger partial charge in [-0.2, -0.15) is 0 Å². The van der Waals surface area contributed by atoms with E-state index >= 15 is 0 Å². The molecule has 1 saturated heterocycles. The van der Waals surface area contributed by atoms with Gasteiger partial charge >= 0.3 is 6.36 Å². The standard InChI is InChI=1S/C34H32F4N8O3/c1-22-2-5-27(43-32(47)23-3-4-24(25(16-23)19-35)20-45-12-14-48-15-13-45)17-29(22)44-33-39-10-11-46(33)31-18-30(40-21-41-31)42-26-6-8-28(9-7-26)49-34(36,37)38/h2-11,16-18,21H,12-15,19-20H2,1H3,(H,39,44)(H,43,47)(H,40,41,42). The first-order valence-corrected chi connectivity index (χ1v) is 15.3. The Morgan fingerprint density at radius 2 is 1.69 bits per heavy atom. The lowest BCUT2D eigenvalue weighted by atomic mass is 10.0. The Kier molecular flexibility index (Phi) is 10.0. The lowest BCUT2D eigenvalue weighted by Crippen LogP contribution is -2.35. The van der Waals surface area contributed by atoms with Gasteiger partial charge in [-0.3, -0.25) is 14.3 Å². The monoisotopic (exact) mass is 676 g/mol. The van der Waals surface area contributed by atoms with Crippen molar-refractivity contribution >= 4 is 34.7 Å². The molecule has 1 fully saturated rings. The highest BCUT2D eigenvalue weighted by atomic mass is 19.4. The van der Waals surface area contributed by atoms with Crippen molar-refractivity contribution in [3.8, 4) is 11.6 Å². The van der Waals surface area contributed by atoms with Gasteiger partial charge < -0.3 is 25.4 Å². The molecule has 254 valence electrons. The van der Waals surface area contributed by atoms with Crippen LogP contribution < -0.4 is 20.7 Å². The topological polar surface area (TPSA) is 118 Å². The summed E-state index contributed by atoms with van der Waals surface area (Å²) in [5.74, 6) is 0.562. The first-order chi connectivity index (χ1) is 23.6. The summed E-state index contributed by atoms with van der Waals surface area (Å²) in [6.07, 6.45) is -0.154. The molecule has 3 heterocycles. The number of carbonyl (C=O) groups is 1. The average Bonchev–Trinajstić information content (AvgIpc) is 3.55. The number of halogens is 4. The second-order valence-corrected chi connectivity index (χ2v) is 11.2. The summed E-state index contributed by atoms with van der Waals surface area (Å²) in [4.78, 5) is 28.4. The van der Waals surface area contributed by atoms with Gasteiger partial charge in [0, 0.05) is 60.7 Å². The van der Waals surface area contributed by atoms with Crippen LogP contribution in [0.3, 0.4) is 0 Å². The van der Waals surface area contributed by atoms with Crippen LogP contribution in [-0.2, 0) is 18.0 Å². The highest BCUT2D eigenvalue weighted by Gasteiger charge is 2.31. The summed E-state index contributed by atoms with van der Waals surface area (Å²) in [6.45, 7) is 4.67. The quantitative estimate of drug-likeness (QED) is 0.128. The number of amides is 1. The van der Waals surface area contributed by atoms with Crippen molar-refractivity contribution in [1.82, 2.24) is 24.4 Å². The molecule has 11 nitrogen and oxygen atoms in total. The molecule has 2 aromatic heterocycles. The third-order valence-electron chi connectivity index (χ3n) is 7.75. The van der Waals surface area contributed by atoms with E-state index in [1.165, 1.54) is 30.6 Å². The van der Waals surface area contributed by atoms with Crippen molar-refractivity contribution in [2.75, 3.05) is 42.3 Å². The number of morpholine rings is 1. The second kappa shape index (κ2) is 14.7. The van der Waals surface area contributed by atoms with Crippen LogP contribution >= 0.6 is 0 Å². The van der Waals surface area contributed by atoms with Gasteiger partial charge in [-0.1, -0.05) is 12.1 Å². The van der Waals surface area contributed by atoms with Crippen LogP contribution in [0.5, 0.6) is 5.75 Å². The number of aryl methyl sites for hydroxylation is 1. The molecule has 0 unspecified atom stereocenters. The fraction of sp³-hybridized carbons (Fsp3) is 0.235. The van der Waals surface area contributed by atoms with Crippen molar-refractivity contribution in [3.05, 3.63) is 108 Å². The van der Waals surface area contributed by atoms with Crippen LogP contribution in [0.2, 0.25) is 0 Å². The summed E-state index contributed by atoms with van der Waals surface area (Å²) in [6, 6.07) is 17.4. The van der Waals surface area contributed by atoms with Crippen LogP contribution in [0.1, 0.15) is 27.0 Å². The molecule has 3 aromatic carbocycles. The third kappa shape index (κ3) is 8.69. The molecule has 1 aliphatic rings. The summed E-state index contributed by atoms with van der Waals surface area (Å²) >= 11 is 0. The van der Waals surface area contributed by atoms with Crippen molar-refractivity contribution in [1.29, 1.82) is 0 Å². The summed E-state index contributed by atoms with van der Waals surface area (Å²) in [7, 11) is 0. The molecule has 1 aliphatic heterocycles. The van der Waals surface area contributed by atoms with E-state index in [1.807, 2.05) is 13.0 Å². The maximum atomic E-state index is 14.0. The molecular weight excluding hydrogens is 644 g/mol. The van der Waals surface area contributed by atoms with Crippen molar-refractivity contribution in [2.45, 2.75) is 26.5 Å². The maximum Gasteiger partial charge on any atom is 0.573 e. The second-order valence-electron chi connectivity index (χ2n) is 11.2. The van der Waals surface area contributed by atoms with E-state index in [0.717, 1.165) is 24.2 Å². The van der Waals surface area contributed by atoms with E-state index in [1.54, 1.807) is 53.4 Å². The number of nitrogens with one attached hydrogen (secondary N) is 3. The molecule has 6 rings (SSSR count). The minimum atomic E-state index is -4.78. The molecule has 49 heavy (non-hydrogen) atoms. The maximum absolute atomic E-state index is 14.0. The van der Waals surface area contributed by atoms with Gasteiger partial charge in [0.2, 0.25) is 5.95 Å². The van der Waals surface area contributed by atoms with Crippen LogP contribution in [0.15, 0.2) is 85.5 Å². The molecule has 0 radical (unpaired) electrons. The zero-order valence-electron chi connectivity index (χ0n) is 26.3. The smallest absolute Gasteiger partial charge is 0.406 e. The summed E-state index contributed by atoms with van der Waals surface area (Å²) < 4.78 is 62.4. The lowest BCUT2D eigenvalue weighted by molar-refractivity contribution is -0.274. The van der Waals surface area contributed by atoms with Gasteiger partial charge in [0.25, 0.3) is 5.91 Å². The van der Waals surface area contributed by atoms with Crippen LogP contribution in [0.4, 0.5) is 46.4 Å². The Hall–Kier alpha value is -5.54. The Bertz CT molecular complexity index is 1910. The predicted molar refractivity (Wildman–Crippen MR) is 175 cm³/mol. The fourth-order valence-corrected chi connectivity index (χ4v) is 5.22. The van der Waals surface area contributed by atoms with Crippen LogP contribution in [0, 0.1) is 6.92 Å². The molecule has 1 amide bonds. The number of rotatable bonds is 11. The van der Waals surface area contributed by atoms with E-state index in [4.69, 9.17) is 4.74 Å².